The van der Waals surface area contributed by atoms with Gasteiger partial charge in [-0.3, -0.25) is 4.90 Å². The van der Waals surface area contributed by atoms with Crippen molar-refractivity contribution in [3.63, 3.8) is 0 Å². The number of hydrogen-bond donors (Lipinski definition) is 1. The Hall–Kier alpha value is -1.42. The van der Waals surface area contributed by atoms with Gasteiger partial charge in [-0.2, -0.15) is 0 Å². The summed E-state index contributed by atoms with van der Waals surface area (Å²) in [6.07, 6.45) is 2.62. The molecule has 0 spiro atoms. The number of benzene rings is 2. The zero-order valence-electron chi connectivity index (χ0n) is 18.2. The fraction of sp³-hybridized carbons (Fsp3) is 0.520. The number of nitrogens with one attached hydrogen (secondary N) is 1. The Morgan fingerprint density at radius 1 is 0.821 bits per heavy atom. The Balaban J connectivity index is 1.82. The third kappa shape index (κ3) is 3.18. The van der Waals surface area contributed by atoms with E-state index in [2.05, 4.69) is 106 Å². The number of likely N-dealkylation sites (tertiary alicyclic amines) is 1. The summed E-state index contributed by atoms with van der Waals surface area (Å²) in [4.78, 5) is 2.62. The first-order chi connectivity index (χ1) is 13.3. The predicted molar refractivity (Wildman–Crippen MR) is 123 cm³/mol. The van der Waals surface area contributed by atoms with E-state index in [9.17, 15) is 0 Å². The molecule has 0 amide bonds. The topological polar surface area (TPSA) is 15.3 Å². The van der Waals surface area contributed by atoms with Crippen LogP contribution in [0.5, 0.6) is 0 Å². The van der Waals surface area contributed by atoms with Gasteiger partial charge in [0.15, 0.2) is 0 Å². The van der Waals surface area contributed by atoms with Gasteiger partial charge in [-0.05, 0) is 76.8 Å². The van der Waals surface area contributed by atoms with Crippen molar-refractivity contribution >= 4 is 8.80 Å². The smallest absolute Gasteiger partial charge is 0.0765 e. The highest BCUT2D eigenvalue weighted by molar-refractivity contribution is 6.65. The van der Waals surface area contributed by atoms with Crippen LogP contribution in [0, 0.1) is 0 Å². The lowest BCUT2D eigenvalue weighted by Crippen LogP contribution is -2.61. The molecule has 1 unspecified atom stereocenters. The fourth-order valence-electron chi connectivity index (χ4n) is 6.30. The summed E-state index contributed by atoms with van der Waals surface area (Å²) in [5.41, 5.74) is 4.29. The molecule has 0 aromatic heterocycles. The van der Waals surface area contributed by atoms with Crippen LogP contribution < -0.4 is 5.32 Å². The van der Waals surface area contributed by atoms with Crippen molar-refractivity contribution < 1.29 is 0 Å². The zero-order valence-corrected chi connectivity index (χ0v) is 19.4. The molecule has 3 heteroatoms. The van der Waals surface area contributed by atoms with E-state index >= 15 is 0 Å². The average molecular weight is 393 g/mol. The molecular weight excluding hydrogens is 356 g/mol. The number of hydrogen-bond acceptors (Lipinski definition) is 2. The fourth-order valence-corrected chi connectivity index (χ4v) is 11.7. The van der Waals surface area contributed by atoms with E-state index in [-0.39, 0.29) is 16.2 Å². The largest absolute Gasteiger partial charge is 0.307 e. The first-order valence-corrected chi connectivity index (χ1v) is 12.9. The van der Waals surface area contributed by atoms with Crippen LogP contribution in [-0.4, -0.2) is 38.4 Å². The molecule has 0 radical (unpaired) electrons. The summed E-state index contributed by atoms with van der Waals surface area (Å²) in [5.74, 6) is 0. The minimum Gasteiger partial charge on any atom is -0.307 e. The highest BCUT2D eigenvalue weighted by Gasteiger charge is 2.54. The van der Waals surface area contributed by atoms with Crippen molar-refractivity contribution in [1.29, 1.82) is 0 Å². The molecule has 2 aromatic carbocycles. The minimum atomic E-state index is -1.20. The van der Waals surface area contributed by atoms with Crippen molar-refractivity contribution in [2.45, 2.75) is 68.4 Å². The van der Waals surface area contributed by atoms with Crippen molar-refractivity contribution in [2.75, 3.05) is 13.6 Å². The Morgan fingerprint density at radius 2 is 1.29 bits per heavy atom. The molecule has 0 saturated carbocycles. The summed E-state index contributed by atoms with van der Waals surface area (Å²) in [7, 11) is 1.13. The molecule has 2 aromatic rings. The molecular formula is C25H36N2Si. The molecule has 28 heavy (non-hydrogen) atoms. The monoisotopic (exact) mass is 392 g/mol. The van der Waals surface area contributed by atoms with E-state index in [4.69, 9.17) is 0 Å². The highest BCUT2D eigenvalue weighted by atomic mass is 28.3. The average Bonchev–Trinajstić information content (AvgIpc) is 3.13. The third-order valence-corrected chi connectivity index (χ3v) is 12.3. The maximum absolute atomic E-state index is 4.06. The highest BCUT2D eigenvalue weighted by Crippen LogP contribution is 2.51. The summed E-state index contributed by atoms with van der Waals surface area (Å²) < 4.78 is 0. The molecule has 1 N–H and O–H groups in total. The Labute approximate surface area is 173 Å². The summed E-state index contributed by atoms with van der Waals surface area (Å²) in [6.45, 7) is 10.9. The van der Waals surface area contributed by atoms with Gasteiger partial charge in [0.2, 0.25) is 0 Å². The van der Waals surface area contributed by atoms with Crippen LogP contribution in [0.15, 0.2) is 60.7 Å². The molecule has 2 nitrogen and oxygen atoms in total. The lowest BCUT2D eigenvalue weighted by molar-refractivity contribution is -0.00284. The van der Waals surface area contributed by atoms with E-state index in [0.717, 1.165) is 12.1 Å². The molecule has 2 heterocycles. The second-order valence-electron chi connectivity index (χ2n) is 10.2. The number of nitrogens with zero attached hydrogens (tertiary/aromatic N) is 1. The molecule has 2 aliphatic rings. The quantitative estimate of drug-likeness (QED) is 0.743. The summed E-state index contributed by atoms with van der Waals surface area (Å²) in [6, 6.07) is 24.0. The Kier molecular flexibility index (Phi) is 5.05. The minimum absolute atomic E-state index is 0.0509. The van der Waals surface area contributed by atoms with Crippen LogP contribution >= 0.6 is 0 Å². The zero-order chi connectivity index (χ0) is 20.0. The van der Waals surface area contributed by atoms with Crippen LogP contribution in [-0.2, 0) is 5.16 Å². The van der Waals surface area contributed by atoms with Crippen LogP contribution in [0.1, 0.15) is 51.7 Å². The molecule has 2 saturated heterocycles. The van der Waals surface area contributed by atoms with Crippen LogP contribution in [0.25, 0.3) is 0 Å². The maximum atomic E-state index is 4.06. The molecule has 0 aliphatic carbocycles. The second-order valence-corrected chi connectivity index (χ2v) is 13.8. The predicted octanol–water partition coefficient (Wildman–Crippen LogP) is 4.95. The first kappa shape index (κ1) is 19.9. The molecule has 2 fully saturated rings. The molecule has 0 bridgehead atoms. The normalized spacial score (nSPS) is 27.0. The van der Waals surface area contributed by atoms with E-state index in [1.54, 1.807) is 0 Å². The summed E-state index contributed by atoms with van der Waals surface area (Å²) >= 11 is 0. The number of piperidine rings is 1. The Morgan fingerprint density at radius 3 is 1.75 bits per heavy atom. The van der Waals surface area contributed by atoms with Crippen molar-refractivity contribution in [3.05, 3.63) is 71.8 Å². The molecule has 2 aliphatic heterocycles. The van der Waals surface area contributed by atoms with Crippen LogP contribution in [0.2, 0.25) is 11.6 Å². The van der Waals surface area contributed by atoms with Gasteiger partial charge < -0.3 is 5.32 Å². The van der Waals surface area contributed by atoms with Gasteiger partial charge >= 0.3 is 0 Å². The lowest BCUT2D eigenvalue weighted by Gasteiger charge is -2.56. The van der Waals surface area contributed by atoms with Gasteiger partial charge in [0, 0.05) is 11.1 Å². The standard InChI is InChI=1S/C25H36N2Si/c1-23(2)18-22(19-24(3,4)27(23)5)28-17-16-26-25(28,20-12-8-6-9-13-20)21-14-10-7-11-15-21/h6-15,22,26,28H,16-19H2,1-5H3. The SMILES string of the molecule is CN1C(C)(C)CC([SiH]2CCNC2(c2ccccc2)c2ccccc2)CC1(C)C. The Bertz CT molecular complexity index is 742. The van der Waals surface area contributed by atoms with Gasteiger partial charge in [0.25, 0.3) is 0 Å². The number of rotatable bonds is 3. The van der Waals surface area contributed by atoms with E-state index in [1.807, 2.05) is 0 Å². The van der Waals surface area contributed by atoms with Gasteiger partial charge in [0.1, 0.15) is 0 Å². The van der Waals surface area contributed by atoms with E-state index in [1.165, 1.54) is 30.0 Å². The van der Waals surface area contributed by atoms with Gasteiger partial charge in [-0.15, -0.1) is 0 Å². The van der Waals surface area contributed by atoms with E-state index in [0.29, 0.717) is 0 Å². The van der Waals surface area contributed by atoms with E-state index < -0.39 is 8.80 Å². The van der Waals surface area contributed by atoms with Crippen LogP contribution in [0.4, 0.5) is 0 Å². The second kappa shape index (κ2) is 7.12. The lowest BCUT2D eigenvalue weighted by atomic mass is 9.80. The van der Waals surface area contributed by atoms with Crippen molar-refractivity contribution in [1.82, 2.24) is 10.2 Å². The van der Waals surface area contributed by atoms with Crippen LogP contribution in [0.3, 0.4) is 0 Å². The maximum Gasteiger partial charge on any atom is 0.0765 e. The molecule has 1 atom stereocenters. The van der Waals surface area contributed by atoms with Gasteiger partial charge in [-0.25, -0.2) is 0 Å². The molecule has 4 rings (SSSR count). The first-order valence-electron chi connectivity index (χ1n) is 10.9. The molecule has 150 valence electrons. The van der Waals surface area contributed by atoms with Gasteiger partial charge in [-0.1, -0.05) is 60.7 Å². The van der Waals surface area contributed by atoms with Crippen molar-refractivity contribution in [3.8, 4) is 0 Å². The third-order valence-electron chi connectivity index (χ3n) is 7.78. The van der Waals surface area contributed by atoms with Crippen molar-refractivity contribution in [2.24, 2.45) is 0 Å². The summed E-state index contributed by atoms with van der Waals surface area (Å²) in [5, 5.41) is 4.11. The van der Waals surface area contributed by atoms with Gasteiger partial charge in [0.05, 0.1) is 14.0 Å².